The van der Waals surface area contributed by atoms with Crippen LogP contribution in [0.4, 0.5) is 0 Å². The highest BCUT2D eigenvalue weighted by Crippen LogP contribution is 2.43. The summed E-state index contributed by atoms with van der Waals surface area (Å²) in [5, 5.41) is 21.8. The third-order valence-corrected chi connectivity index (χ3v) is 6.05. The average molecular weight is 470 g/mol. The largest absolute Gasteiger partial charge is 0.507 e. The molecular formula is C26H31NO7. The number of likely N-dealkylation sites (tertiary alicyclic amines) is 1. The van der Waals surface area contributed by atoms with Crippen molar-refractivity contribution in [1.82, 2.24) is 4.90 Å². The van der Waals surface area contributed by atoms with E-state index in [1.165, 1.54) is 25.2 Å². The number of carbonyl (C=O) groups is 2. The van der Waals surface area contributed by atoms with Crippen molar-refractivity contribution in [2.24, 2.45) is 0 Å². The zero-order chi connectivity index (χ0) is 25.2. The summed E-state index contributed by atoms with van der Waals surface area (Å²) in [6.45, 7) is 6.14. The van der Waals surface area contributed by atoms with Gasteiger partial charge in [-0.25, -0.2) is 0 Å². The lowest BCUT2D eigenvalue weighted by Crippen LogP contribution is -2.32. The van der Waals surface area contributed by atoms with Gasteiger partial charge in [0.05, 0.1) is 32.4 Å². The number of aryl methyl sites for hydroxylation is 1. The smallest absolute Gasteiger partial charge is 0.295 e. The van der Waals surface area contributed by atoms with Crippen LogP contribution in [0.25, 0.3) is 5.76 Å². The molecule has 1 amide bonds. The maximum Gasteiger partial charge on any atom is 0.295 e. The van der Waals surface area contributed by atoms with Gasteiger partial charge in [0, 0.05) is 19.2 Å². The van der Waals surface area contributed by atoms with E-state index in [0.717, 1.165) is 5.56 Å². The van der Waals surface area contributed by atoms with Gasteiger partial charge < -0.3 is 29.3 Å². The fourth-order valence-corrected chi connectivity index (χ4v) is 4.25. The van der Waals surface area contributed by atoms with Crippen LogP contribution in [0.15, 0.2) is 35.9 Å². The Hall–Kier alpha value is -3.52. The number of aliphatic hydroxyl groups is 1. The van der Waals surface area contributed by atoms with Gasteiger partial charge in [-0.1, -0.05) is 19.9 Å². The minimum Gasteiger partial charge on any atom is -0.507 e. The molecule has 1 saturated heterocycles. The van der Waals surface area contributed by atoms with Crippen molar-refractivity contribution in [3.8, 4) is 17.2 Å². The molecule has 1 heterocycles. The standard InChI is InChI=1S/C26H31NO7/c1-14(2)17-13-18(15(3)11-21(17)34-6)24(29)22-23(16-7-8-20(33-5)19(28)12-16)27(9-10-32-4)26(31)25(22)30/h7-8,11-14,23,28-29H,9-10H2,1-6H3/b24-22+. The first-order chi connectivity index (χ1) is 16.2. The average Bonchev–Trinajstić information content (AvgIpc) is 3.06. The molecule has 0 spiro atoms. The lowest BCUT2D eigenvalue weighted by molar-refractivity contribution is -0.140. The molecule has 34 heavy (non-hydrogen) atoms. The van der Waals surface area contributed by atoms with Crippen LogP contribution in [-0.2, 0) is 14.3 Å². The summed E-state index contributed by atoms with van der Waals surface area (Å²) in [6, 6.07) is 7.33. The molecule has 2 aromatic carbocycles. The first kappa shape index (κ1) is 25.1. The summed E-state index contributed by atoms with van der Waals surface area (Å²) in [5.74, 6) is -0.919. The Bertz CT molecular complexity index is 1140. The molecular weight excluding hydrogens is 438 g/mol. The molecule has 3 rings (SSSR count). The predicted molar refractivity (Wildman–Crippen MR) is 127 cm³/mol. The van der Waals surface area contributed by atoms with Crippen LogP contribution in [0.3, 0.4) is 0 Å². The number of phenolic OH excluding ortho intramolecular Hbond substituents is 1. The number of carbonyl (C=O) groups excluding carboxylic acids is 2. The van der Waals surface area contributed by atoms with Gasteiger partial charge in [-0.2, -0.15) is 0 Å². The van der Waals surface area contributed by atoms with Gasteiger partial charge >= 0.3 is 0 Å². The van der Waals surface area contributed by atoms with E-state index < -0.39 is 17.7 Å². The van der Waals surface area contributed by atoms with Gasteiger partial charge in [0.1, 0.15) is 11.5 Å². The number of hydrogen-bond acceptors (Lipinski definition) is 7. The van der Waals surface area contributed by atoms with E-state index >= 15 is 0 Å². The van der Waals surface area contributed by atoms with E-state index in [0.29, 0.717) is 22.4 Å². The fraction of sp³-hybridized carbons (Fsp3) is 0.385. The predicted octanol–water partition coefficient (Wildman–Crippen LogP) is 3.91. The van der Waals surface area contributed by atoms with Crippen LogP contribution in [0.5, 0.6) is 17.2 Å². The molecule has 8 heteroatoms. The van der Waals surface area contributed by atoms with Gasteiger partial charge in [-0.15, -0.1) is 0 Å². The SMILES string of the molecule is COCCN1C(=O)C(=O)/C(=C(/O)c2cc(C(C)C)c(OC)cc2C)C1c1ccc(OC)c(O)c1. The van der Waals surface area contributed by atoms with E-state index in [9.17, 15) is 19.8 Å². The van der Waals surface area contributed by atoms with Gasteiger partial charge in [-0.05, 0) is 53.8 Å². The molecule has 8 nitrogen and oxygen atoms in total. The van der Waals surface area contributed by atoms with Crippen LogP contribution < -0.4 is 9.47 Å². The maximum absolute atomic E-state index is 13.2. The zero-order valence-corrected chi connectivity index (χ0v) is 20.3. The van der Waals surface area contributed by atoms with Crippen molar-refractivity contribution in [2.45, 2.75) is 32.7 Å². The molecule has 0 bridgehead atoms. The summed E-state index contributed by atoms with van der Waals surface area (Å²) in [7, 11) is 4.51. The van der Waals surface area contributed by atoms with E-state index in [1.54, 1.807) is 38.3 Å². The highest BCUT2D eigenvalue weighted by Gasteiger charge is 2.46. The molecule has 0 saturated carbocycles. The second-order valence-corrected chi connectivity index (χ2v) is 8.48. The molecule has 1 aliphatic rings. The molecule has 1 atom stereocenters. The number of aliphatic hydroxyl groups excluding tert-OH is 1. The molecule has 1 aliphatic heterocycles. The number of ketones is 1. The number of nitrogens with zero attached hydrogens (tertiary/aromatic N) is 1. The quantitative estimate of drug-likeness (QED) is 0.343. The summed E-state index contributed by atoms with van der Waals surface area (Å²) < 4.78 is 15.7. The second kappa shape index (κ2) is 10.2. The fourth-order valence-electron chi connectivity index (χ4n) is 4.25. The number of Topliss-reactive ketones (excluding diaryl/α,β-unsaturated/α-hetero) is 1. The maximum atomic E-state index is 13.2. The molecule has 1 fully saturated rings. The Labute approximate surface area is 199 Å². The van der Waals surface area contributed by atoms with E-state index in [4.69, 9.17) is 14.2 Å². The summed E-state index contributed by atoms with van der Waals surface area (Å²) in [6.07, 6.45) is 0. The van der Waals surface area contributed by atoms with Gasteiger partial charge in [0.25, 0.3) is 11.7 Å². The Morgan fingerprint density at radius 1 is 1.06 bits per heavy atom. The molecule has 2 aromatic rings. The minimum atomic E-state index is -0.907. The van der Waals surface area contributed by atoms with Gasteiger partial charge in [0.2, 0.25) is 0 Å². The Morgan fingerprint density at radius 3 is 2.29 bits per heavy atom. The number of amides is 1. The topological polar surface area (TPSA) is 106 Å². The van der Waals surface area contributed by atoms with Crippen molar-refractivity contribution in [1.29, 1.82) is 0 Å². The molecule has 0 aromatic heterocycles. The van der Waals surface area contributed by atoms with Crippen LogP contribution in [-0.4, -0.2) is 61.3 Å². The first-order valence-electron chi connectivity index (χ1n) is 11.0. The summed E-state index contributed by atoms with van der Waals surface area (Å²) >= 11 is 0. The number of benzene rings is 2. The number of rotatable bonds is 8. The lowest BCUT2D eigenvalue weighted by atomic mass is 9.91. The van der Waals surface area contributed by atoms with Crippen molar-refractivity contribution >= 4 is 17.4 Å². The number of aromatic hydroxyl groups is 1. The van der Waals surface area contributed by atoms with E-state index in [2.05, 4.69) is 0 Å². The molecule has 182 valence electrons. The third-order valence-electron chi connectivity index (χ3n) is 6.05. The van der Waals surface area contributed by atoms with Crippen LogP contribution in [0, 0.1) is 6.92 Å². The Morgan fingerprint density at radius 2 is 1.74 bits per heavy atom. The second-order valence-electron chi connectivity index (χ2n) is 8.48. The number of ether oxygens (including phenoxy) is 3. The van der Waals surface area contributed by atoms with Crippen molar-refractivity contribution < 1.29 is 34.0 Å². The summed E-state index contributed by atoms with van der Waals surface area (Å²) in [5.41, 5.74) is 2.41. The van der Waals surface area contributed by atoms with Gasteiger partial charge in [-0.3, -0.25) is 9.59 Å². The van der Waals surface area contributed by atoms with E-state index in [-0.39, 0.29) is 41.9 Å². The normalized spacial score (nSPS) is 17.5. The van der Waals surface area contributed by atoms with Crippen LogP contribution in [0.1, 0.15) is 48.1 Å². The molecule has 0 radical (unpaired) electrons. The first-order valence-corrected chi connectivity index (χ1v) is 11.0. The zero-order valence-electron chi connectivity index (χ0n) is 20.3. The van der Waals surface area contributed by atoms with Gasteiger partial charge in [0.15, 0.2) is 11.5 Å². The van der Waals surface area contributed by atoms with Crippen molar-refractivity contribution in [3.63, 3.8) is 0 Å². The number of hydrogen-bond donors (Lipinski definition) is 2. The van der Waals surface area contributed by atoms with Crippen molar-refractivity contribution in [2.75, 3.05) is 34.5 Å². The minimum absolute atomic E-state index is 0.0476. The number of methoxy groups -OCH3 is 3. The molecule has 0 aliphatic carbocycles. The highest BCUT2D eigenvalue weighted by molar-refractivity contribution is 6.46. The van der Waals surface area contributed by atoms with E-state index in [1.807, 2.05) is 13.8 Å². The van der Waals surface area contributed by atoms with Crippen LogP contribution >= 0.6 is 0 Å². The number of phenols is 1. The molecule has 1 unspecified atom stereocenters. The molecule has 2 N–H and O–H groups in total. The third kappa shape index (κ3) is 4.46. The lowest BCUT2D eigenvalue weighted by Gasteiger charge is -2.25. The highest BCUT2D eigenvalue weighted by atomic mass is 16.5. The van der Waals surface area contributed by atoms with Crippen LogP contribution in [0.2, 0.25) is 0 Å². The summed E-state index contributed by atoms with van der Waals surface area (Å²) in [4.78, 5) is 27.5. The monoisotopic (exact) mass is 469 g/mol. The van der Waals surface area contributed by atoms with Crippen molar-refractivity contribution in [3.05, 3.63) is 58.2 Å². The Kier molecular flexibility index (Phi) is 7.51. The Balaban J connectivity index is 2.26.